The summed E-state index contributed by atoms with van der Waals surface area (Å²) in [6, 6.07) is 4.92. The minimum absolute atomic E-state index is 0.176. The predicted octanol–water partition coefficient (Wildman–Crippen LogP) is 3.13. The molecule has 1 saturated heterocycles. The number of amides is 1. The van der Waals surface area contributed by atoms with Crippen LogP contribution >= 0.6 is 15.9 Å². The molecule has 0 spiro atoms. The SMILES string of the molecule is CCOC(=O)c1ccc(NC(=O)C2(C)CCCO2)c(Br)c1. The monoisotopic (exact) mass is 355 g/mol. The highest BCUT2D eigenvalue weighted by Crippen LogP contribution is 2.29. The summed E-state index contributed by atoms with van der Waals surface area (Å²) in [4.78, 5) is 23.9. The molecule has 0 aromatic heterocycles. The van der Waals surface area contributed by atoms with E-state index in [1.54, 1.807) is 32.0 Å². The van der Waals surface area contributed by atoms with E-state index >= 15 is 0 Å². The Morgan fingerprint density at radius 1 is 1.48 bits per heavy atom. The van der Waals surface area contributed by atoms with Crippen LogP contribution in [0, 0.1) is 0 Å². The third kappa shape index (κ3) is 3.63. The summed E-state index contributed by atoms with van der Waals surface area (Å²) >= 11 is 3.36. The number of hydrogen-bond donors (Lipinski definition) is 1. The molecular formula is C15H18BrNO4. The van der Waals surface area contributed by atoms with Crippen LogP contribution in [0.25, 0.3) is 0 Å². The number of hydrogen-bond acceptors (Lipinski definition) is 4. The van der Waals surface area contributed by atoms with Gasteiger partial charge in [-0.1, -0.05) is 0 Å². The first-order valence-corrected chi connectivity index (χ1v) is 7.67. The molecule has 5 nitrogen and oxygen atoms in total. The molecule has 1 fully saturated rings. The van der Waals surface area contributed by atoms with E-state index in [2.05, 4.69) is 21.2 Å². The second-order valence-electron chi connectivity index (χ2n) is 5.05. The molecule has 1 unspecified atom stereocenters. The zero-order valence-corrected chi connectivity index (χ0v) is 13.7. The van der Waals surface area contributed by atoms with Crippen LogP contribution in [0.2, 0.25) is 0 Å². The lowest BCUT2D eigenvalue weighted by molar-refractivity contribution is -0.133. The molecule has 1 N–H and O–H groups in total. The van der Waals surface area contributed by atoms with Crippen molar-refractivity contribution in [3.05, 3.63) is 28.2 Å². The van der Waals surface area contributed by atoms with Crippen LogP contribution in [0.5, 0.6) is 0 Å². The summed E-state index contributed by atoms with van der Waals surface area (Å²) in [7, 11) is 0. The minimum atomic E-state index is -0.779. The van der Waals surface area contributed by atoms with Gasteiger partial charge in [-0.2, -0.15) is 0 Å². The largest absolute Gasteiger partial charge is 0.462 e. The molecule has 0 radical (unpaired) electrons. The average molecular weight is 356 g/mol. The van der Waals surface area contributed by atoms with Crippen molar-refractivity contribution in [2.24, 2.45) is 0 Å². The molecule has 1 aliphatic rings. The molecule has 0 bridgehead atoms. The fourth-order valence-corrected chi connectivity index (χ4v) is 2.65. The molecule has 1 aliphatic heterocycles. The van der Waals surface area contributed by atoms with Crippen molar-refractivity contribution in [2.45, 2.75) is 32.3 Å². The highest BCUT2D eigenvalue weighted by molar-refractivity contribution is 9.10. The molecule has 21 heavy (non-hydrogen) atoms. The number of nitrogens with one attached hydrogen (secondary N) is 1. The standard InChI is InChI=1S/C15H18BrNO4/c1-3-20-13(18)10-5-6-12(11(16)9-10)17-14(19)15(2)7-4-8-21-15/h5-6,9H,3-4,7-8H2,1-2H3,(H,17,19). The number of ether oxygens (including phenoxy) is 2. The maximum absolute atomic E-state index is 12.3. The topological polar surface area (TPSA) is 64.6 Å². The second-order valence-corrected chi connectivity index (χ2v) is 5.91. The van der Waals surface area contributed by atoms with Gasteiger partial charge in [-0.05, 0) is 60.8 Å². The Morgan fingerprint density at radius 2 is 2.24 bits per heavy atom. The van der Waals surface area contributed by atoms with Crippen LogP contribution in [-0.4, -0.2) is 30.7 Å². The summed E-state index contributed by atoms with van der Waals surface area (Å²) < 4.78 is 11.1. The lowest BCUT2D eigenvalue weighted by atomic mass is 10.0. The van der Waals surface area contributed by atoms with Crippen LogP contribution < -0.4 is 5.32 Å². The third-order valence-corrected chi connectivity index (χ3v) is 4.08. The maximum atomic E-state index is 12.3. The van der Waals surface area contributed by atoms with Crippen LogP contribution in [0.4, 0.5) is 5.69 Å². The summed E-state index contributed by atoms with van der Waals surface area (Å²) in [5.41, 5.74) is 0.258. The molecule has 6 heteroatoms. The number of carbonyl (C=O) groups excluding carboxylic acids is 2. The summed E-state index contributed by atoms with van der Waals surface area (Å²) in [5, 5.41) is 2.83. The lowest BCUT2D eigenvalue weighted by Crippen LogP contribution is -2.39. The fourth-order valence-electron chi connectivity index (χ4n) is 2.17. The number of halogens is 1. The van der Waals surface area contributed by atoms with Crippen LogP contribution in [0.15, 0.2) is 22.7 Å². The van der Waals surface area contributed by atoms with E-state index in [1.165, 1.54) is 0 Å². The molecule has 1 heterocycles. The van der Waals surface area contributed by atoms with Crippen molar-refractivity contribution < 1.29 is 19.1 Å². The van der Waals surface area contributed by atoms with Gasteiger partial charge in [0.2, 0.25) is 0 Å². The first kappa shape index (κ1) is 16.0. The van der Waals surface area contributed by atoms with Crippen molar-refractivity contribution in [1.29, 1.82) is 0 Å². The normalized spacial score (nSPS) is 21.1. The molecular weight excluding hydrogens is 338 g/mol. The molecule has 2 rings (SSSR count). The third-order valence-electron chi connectivity index (χ3n) is 3.43. The first-order valence-electron chi connectivity index (χ1n) is 6.88. The predicted molar refractivity (Wildman–Crippen MR) is 82.3 cm³/mol. The van der Waals surface area contributed by atoms with Crippen molar-refractivity contribution >= 4 is 33.5 Å². The van der Waals surface area contributed by atoms with Gasteiger partial charge >= 0.3 is 5.97 Å². The maximum Gasteiger partial charge on any atom is 0.338 e. The Bertz CT molecular complexity index is 553. The van der Waals surface area contributed by atoms with E-state index in [-0.39, 0.29) is 11.9 Å². The number of esters is 1. The zero-order valence-electron chi connectivity index (χ0n) is 12.1. The van der Waals surface area contributed by atoms with Gasteiger partial charge in [-0.3, -0.25) is 4.79 Å². The smallest absolute Gasteiger partial charge is 0.338 e. The minimum Gasteiger partial charge on any atom is -0.462 e. The summed E-state index contributed by atoms with van der Waals surface area (Å²) in [5.74, 6) is -0.563. The number of anilines is 1. The Kier molecular flexibility index (Phi) is 5.00. The highest BCUT2D eigenvalue weighted by atomic mass is 79.9. The summed E-state index contributed by atoms with van der Waals surface area (Å²) in [6.07, 6.45) is 1.59. The Balaban J connectivity index is 2.11. The lowest BCUT2D eigenvalue weighted by Gasteiger charge is -2.22. The highest BCUT2D eigenvalue weighted by Gasteiger charge is 2.37. The van der Waals surface area contributed by atoms with Gasteiger partial charge in [-0.25, -0.2) is 4.79 Å². The second kappa shape index (κ2) is 6.58. The average Bonchev–Trinajstić information content (AvgIpc) is 2.89. The van der Waals surface area contributed by atoms with Gasteiger partial charge in [0.1, 0.15) is 5.60 Å². The van der Waals surface area contributed by atoms with Crippen LogP contribution in [-0.2, 0) is 14.3 Å². The van der Waals surface area contributed by atoms with E-state index in [0.717, 1.165) is 6.42 Å². The Hall–Kier alpha value is -1.40. The molecule has 1 aromatic rings. The molecule has 1 atom stereocenters. The molecule has 0 saturated carbocycles. The molecule has 114 valence electrons. The number of benzene rings is 1. The van der Waals surface area contributed by atoms with E-state index in [4.69, 9.17) is 9.47 Å². The van der Waals surface area contributed by atoms with Gasteiger partial charge in [0.25, 0.3) is 5.91 Å². The van der Waals surface area contributed by atoms with Crippen molar-refractivity contribution in [1.82, 2.24) is 0 Å². The molecule has 1 aromatic carbocycles. The van der Waals surface area contributed by atoms with E-state index in [0.29, 0.717) is 35.4 Å². The number of rotatable bonds is 4. The van der Waals surface area contributed by atoms with Crippen molar-refractivity contribution in [2.75, 3.05) is 18.5 Å². The van der Waals surface area contributed by atoms with Crippen LogP contribution in [0.3, 0.4) is 0 Å². The van der Waals surface area contributed by atoms with Gasteiger partial charge < -0.3 is 14.8 Å². The van der Waals surface area contributed by atoms with Gasteiger partial charge in [0.05, 0.1) is 17.9 Å². The van der Waals surface area contributed by atoms with E-state index in [1.807, 2.05) is 0 Å². The van der Waals surface area contributed by atoms with Gasteiger partial charge in [0, 0.05) is 11.1 Å². The Labute approximate surface area is 132 Å². The molecule has 1 amide bonds. The van der Waals surface area contributed by atoms with Gasteiger partial charge in [-0.15, -0.1) is 0 Å². The van der Waals surface area contributed by atoms with E-state index < -0.39 is 5.60 Å². The first-order chi connectivity index (χ1) is 9.96. The van der Waals surface area contributed by atoms with E-state index in [9.17, 15) is 9.59 Å². The van der Waals surface area contributed by atoms with Crippen molar-refractivity contribution in [3.8, 4) is 0 Å². The number of carbonyl (C=O) groups is 2. The van der Waals surface area contributed by atoms with Crippen LogP contribution in [0.1, 0.15) is 37.0 Å². The quantitative estimate of drug-likeness (QED) is 0.842. The van der Waals surface area contributed by atoms with Gasteiger partial charge in [0.15, 0.2) is 0 Å². The summed E-state index contributed by atoms with van der Waals surface area (Å²) in [6.45, 7) is 4.47. The zero-order chi connectivity index (χ0) is 15.5. The Morgan fingerprint density at radius 3 is 2.81 bits per heavy atom. The fraction of sp³-hybridized carbons (Fsp3) is 0.467. The molecule has 0 aliphatic carbocycles. The van der Waals surface area contributed by atoms with Crippen molar-refractivity contribution in [3.63, 3.8) is 0 Å².